The number of nitrogens with zero attached hydrogens (tertiary/aromatic N) is 2. The maximum absolute atomic E-state index is 11.9. The van der Waals surface area contributed by atoms with Crippen molar-refractivity contribution in [1.82, 2.24) is 8.61 Å². The van der Waals surface area contributed by atoms with Gasteiger partial charge in [-0.05, 0) is 12.8 Å². The molecule has 1 aliphatic heterocycles. The number of thiocarbonyl (C=S) groups is 1. The summed E-state index contributed by atoms with van der Waals surface area (Å²) in [5, 5.41) is 0. The van der Waals surface area contributed by atoms with Crippen molar-refractivity contribution in [2.24, 2.45) is 11.1 Å². The normalized spacial score (nSPS) is 22.2. The van der Waals surface area contributed by atoms with Crippen LogP contribution in [0.1, 0.15) is 19.8 Å². The van der Waals surface area contributed by atoms with E-state index in [0.29, 0.717) is 30.9 Å². The van der Waals surface area contributed by atoms with Crippen LogP contribution in [0, 0.1) is 5.41 Å². The van der Waals surface area contributed by atoms with Gasteiger partial charge in [0.05, 0.1) is 4.99 Å². The van der Waals surface area contributed by atoms with Crippen LogP contribution in [0.5, 0.6) is 0 Å². The molecule has 2 N–H and O–H groups in total. The first-order valence-corrected chi connectivity index (χ1v) is 6.98. The third kappa shape index (κ3) is 2.53. The molecule has 1 aliphatic rings. The molecule has 0 bridgehead atoms. The molecule has 0 aromatic heterocycles. The van der Waals surface area contributed by atoms with Crippen molar-refractivity contribution in [3.05, 3.63) is 0 Å². The minimum atomic E-state index is -3.29. The van der Waals surface area contributed by atoms with Gasteiger partial charge >= 0.3 is 0 Å². The predicted octanol–water partition coefficient (Wildman–Crippen LogP) is 0.181. The number of hydrogen-bond donors (Lipinski definition) is 1. The van der Waals surface area contributed by atoms with E-state index >= 15 is 0 Å². The average Bonchev–Trinajstić information content (AvgIpc) is 2.18. The molecule has 0 aromatic rings. The lowest BCUT2D eigenvalue weighted by Gasteiger charge is -2.38. The molecule has 0 aromatic carbocycles. The van der Waals surface area contributed by atoms with Crippen LogP contribution in [-0.2, 0) is 10.2 Å². The summed E-state index contributed by atoms with van der Waals surface area (Å²) in [6.07, 6.45) is 1.38. The Morgan fingerprint density at radius 3 is 2.12 bits per heavy atom. The van der Waals surface area contributed by atoms with Crippen molar-refractivity contribution in [3.63, 3.8) is 0 Å². The first-order chi connectivity index (χ1) is 7.20. The van der Waals surface area contributed by atoms with Crippen LogP contribution in [0.15, 0.2) is 0 Å². The quantitative estimate of drug-likeness (QED) is 0.739. The molecule has 0 radical (unpaired) electrons. The molecule has 94 valence electrons. The van der Waals surface area contributed by atoms with Crippen molar-refractivity contribution in [2.75, 3.05) is 27.2 Å². The highest BCUT2D eigenvalue weighted by Gasteiger charge is 2.37. The summed E-state index contributed by atoms with van der Waals surface area (Å²) < 4.78 is 26.4. The van der Waals surface area contributed by atoms with Gasteiger partial charge < -0.3 is 5.73 Å². The standard InChI is InChI=1S/C9H19N3O2S2/c1-9(8(10)15)4-6-12(7-5-9)16(13,14)11(2)3/h4-7H2,1-3H3,(H2,10,15). The average molecular weight is 265 g/mol. The largest absolute Gasteiger partial charge is 0.393 e. The van der Waals surface area contributed by atoms with Gasteiger partial charge in [0.2, 0.25) is 0 Å². The van der Waals surface area contributed by atoms with E-state index < -0.39 is 10.2 Å². The van der Waals surface area contributed by atoms with E-state index in [2.05, 4.69) is 0 Å². The topological polar surface area (TPSA) is 66.6 Å². The summed E-state index contributed by atoms with van der Waals surface area (Å²) in [7, 11) is -0.216. The molecule has 0 amide bonds. The fraction of sp³-hybridized carbons (Fsp3) is 0.889. The van der Waals surface area contributed by atoms with E-state index in [4.69, 9.17) is 18.0 Å². The Morgan fingerprint density at radius 2 is 1.81 bits per heavy atom. The highest BCUT2D eigenvalue weighted by Crippen LogP contribution is 2.32. The molecule has 1 rings (SSSR count). The van der Waals surface area contributed by atoms with Crippen molar-refractivity contribution in [3.8, 4) is 0 Å². The van der Waals surface area contributed by atoms with Gasteiger partial charge in [0, 0.05) is 32.6 Å². The zero-order chi connectivity index (χ0) is 12.6. The van der Waals surface area contributed by atoms with Gasteiger partial charge in [-0.1, -0.05) is 19.1 Å². The van der Waals surface area contributed by atoms with Crippen LogP contribution in [-0.4, -0.2) is 49.2 Å². The molecule has 0 unspecified atom stereocenters. The fourth-order valence-corrected chi connectivity index (χ4v) is 3.00. The number of hydrogen-bond acceptors (Lipinski definition) is 3. The molecule has 0 atom stereocenters. The Hall–Kier alpha value is -0.240. The maximum Gasteiger partial charge on any atom is 0.281 e. The van der Waals surface area contributed by atoms with E-state index in [9.17, 15) is 8.42 Å². The lowest BCUT2D eigenvalue weighted by molar-refractivity contribution is 0.235. The van der Waals surface area contributed by atoms with Gasteiger partial charge in [-0.15, -0.1) is 0 Å². The third-order valence-corrected chi connectivity index (χ3v) is 5.64. The zero-order valence-electron chi connectivity index (χ0n) is 9.93. The highest BCUT2D eigenvalue weighted by atomic mass is 32.2. The predicted molar refractivity (Wildman–Crippen MR) is 68.3 cm³/mol. The zero-order valence-corrected chi connectivity index (χ0v) is 11.6. The molecule has 0 aliphatic carbocycles. The Kier molecular flexibility index (Phi) is 3.94. The number of piperidine rings is 1. The van der Waals surface area contributed by atoms with Gasteiger partial charge in [0.1, 0.15) is 0 Å². The van der Waals surface area contributed by atoms with Gasteiger partial charge in [0.25, 0.3) is 10.2 Å². The van der Waals surface area contributed by atoms with Crippen LogP contribution in [0.3, 0.4) is 0 Å². The minimum absolute atomic E-state index is 0.201. The smallest absolute Gasteiger partial charge is 0.281 e. The molecule has 1 fully saturated rings. The Bertz CT molecular complexity index is 370. The monoisotopic (exact) mass is 265 g/mol. The van der Waals surface area contributed by atoms with Gasteiger partial charge in [-0.2, -0.15) is 17.0 Å². The molecule has 5 nitrogen and oxygen atoms in total. The Morgan fingerprint density at radius 1 is 1.38 bits per heavy atom. The molecule has 1 heterocycles. The number of nitrogens with two attached hydrogens (primary N) is 1. The SMILES string of the molecule is CN(C)S(=O)(=O)N1CCC(C)(C(N)=S)CC1. The second-order valence-electron chi connectivity index (χ2n) is 4.61. The van der Waals surface area contributed by atoms with Crippen LogP contribution < -0.4 is 5.73 Å². The van der Waals surface area contributed by atoms with Crippen molar-refractivity contribution in [1.29, 1.82) is 0 Å². The van der Waals surface area contributed by atoms with Gasteiger partial charge in [-0.25, -0.2) is 0 Å². The van der Waals surface area contributed by atoms with Crippen molar-refractivity contribution < 1.29 is 8.42 Å². The van der Waals surface area contributed by atoms with E-state index in [0.717, 1.165) is 0 Å². The van der Waals surface area contributed by atoms with Crippen LogP contribution in [0.2, 0.25) is 0 Å². The van der Waals surface area contributed by atoms with Crippen LogP contribution in [0.4, 0.5) is 0 Å². The lowest BCUT2D eigenvalue weighted by Crippen LogP contribution is -2.49. The summed E-state index contributed by atoms with van der Waals surface area (Å²) >= 11 is 5.01. The third-order valence-electron chi connectivity index (χ3n) is 3.21. The first-order valence-electron chi connectivity index (χ1n) is 5.18. The minimum Gasteiger partial charge on any atom is -0.393 e. The van der Waals surface area contributed by atoms with Crippen molar-refractivity contribution in [2.45, 2.75) is 19.8 Å². The molecule has 16 heavy (non-hydrogen) atoms. The summed E-state index contributed by atoms with van der Waals surface area (Å²) in [6, 6.07) is 0. The lowest BCUT2D eigenvalue weighted by atomic mass is 9.81. The van der Waals surface area contributed by atoms with E-state index in [1.54, 1.807) is 0 Å². The van der Waals surface area contributed by atoms with E-state index in [1.807, 2.05) is 6.92 Å². The molecular formula is C9H19N3O2S2. The Balaban J connectivity index is 2.73. The van der Waals surface area contributed by atoms with Crippen molar-refractivity contribution >= 4 is 27.4 Å². The highest BCUT2D eigenvalue weighted by molar-refractivity contribution is 7.86. The number of rotatable bonds is 3. The summed E-state index contributed by atoms with van der Waals surface area (Å²) in [5.41, 5.74) is 5.47. The maximum atomic E-state index is 11.9. The second kappa shape index (κ2) is 4.56. The summed E-state index contributed by atoms with van der Waals surface area (Å²) in [5.74, 6) is 0. The van der Waals surface area contributed by atoms with Crippen LogP contribution in [0.25, 0.3) is 0 Å². The van der Waals surface area contributed by atoms with E-state index in [1.165, 1.54) is 22.7 Å². The fourth-order valence-electron chi connectivity index (χ4n) is 1.69. The first kappa shape index (κ1) is 13.8. The molecule has 0 spiro atoms. The van der Waals surface area contributed by atoms with Crippen LogP contribution >= 0.6 is 12.2 Å². The summed E-state index contributed by atoms with van der Waals surface area (Å²) in [6.45, 7) is 2.96. The molecule has 0 saturated carbocycles. The Labute approximate surface area is 103 Å². The van der Waals surface area contributed by atoms with Gasteiger partial charge in [-0.3, -0.25) is 0 Å². The molecular weight excluding hydrogens is 246 g/mol. The molecule has 1 saturated heterocycles. The molecule has 7 heteroatoms. The summed E-state index contributed by atoms with van der Waals surface area (Å²) in [4.78, 5) is 0.481. The second-order valence-corrected chi connectivity index (χ2v) is 7.20. The van der Waals surface area contributed by atoms with E-state index in [-0.39, 0.29) is 5.41 Å². The van der Waals surface area contributed by atoms with Gasteiger partial charge in [0.15, 0.2) is 0 Å².